The van der Waals surface area contributed by atoms with Gasteiger partial charge in [-0.25, -0.2) is 0 Å². The molecular weight excluding hydrogens is 264 g/mol. The molecule has 0 unspecified atom stereocenters. The van der Waals surface area contributed by atoms with E-state index in [4.69, 9.17) is 0 Å². The summed E-state index contributed by atoms with van der Waals surface area (Å²) in [7, 11) is 0. The van der Waals surface area contributed by atoms with Gasteiger partial charge in [-0.05, 0) is 23.5 Å². The molecule has 2 heteroatoms. The molecule has 1 aliphatic heterocycles. The van der Waals surface area contributed by atoms with E-state index in [0.717, 1.165) is 6.42 Å². The first-order valence-electron chi connectivity index (χ1n) is 7.19. The predicted octanol–water partition coefficient (Wildman–Crippen LogP) is 4.60. The van der Waals surface area contributed by atoms with Crippen molar-refractivity contribution in [1.29, 1.82) is 0 Å². The van der Waals surface area contributed by atoms with Crippen LogP contribution in [0.3, 0.4) is 0 Å². The quantitative estimate of drug-likeness (QED) is 0.869. The lowest BCUT2D eigenvalue weighted by molar-refractivity contribution is 0.0993. The van der Waals surface area contributed by atoms with E-state index in [1.54, 1.807) is 0 Å². The third-order valence-electron chi connectivity index (χ3n) is 4.15. The van der Waals surface area contributed by atoms with E-state index < -0.39 is 0 Å². The predicted molar refractivity (Wildman–Crippen MR) is 85.7 cm³/mol. The molecule has 0 spiro atoms. The molecular formula is C18H20OS. The van der Waals surface area contributed by atoms with E-state index in [1.807, 2.05) is 23.9 Å². The van der Waals surface area contributed by atoms with Crippen molar-refractivity contribution >= 4 is 11.8 Å². The zero-order valence-electron chi connectivity index (χ0n) is 11.6. The molecule has 1 fully saturated rings. The van der Waals surface area contributed by atoms with Gasteiger partial charge in [-0.3, -0.25) is 0 Å². The molecule has 0 aliphatic carbocycles. The lowest BCUT2D eigenvalue weighted by Gasteiger charge is -2.38. The Balaban J connectivity index is 1.87. The molecule has 1 nitrogen and oxygen atoms in total. The maximum Gasteiger partial charge on any atom is 0.0593 e. The highest BCUT2D eigenvalue weighted by molar-refractivity contribution is 7.99. The van der Waals surface area contributed by atoms with Gasteiger partial charge in [0.15, 0.2) is 0 Å². The third-order valence-corrected chi connectivity index (χ3v) is 5.94. The molecule has 1 saturated heterocycles. The standard InChI is InChI=1S/C18H20OS/c1-13-16(19)12-17(14-8-4-2-5-9-14)20-18(13)15-10-6-3-7-11-15/h2-11,13,16-19H,12H2,1H3/t13-,16-,17+,18+/m0/s1. The van der Waals surface area contributed by atoms with E-state index in [0.29, 0.717) is 16.4 Å². The minimum Gasteiger partial charge on any atom is -0.393 e. The third kappa shape index (κ3) is 2.77. The Morgan fingerprint density at radius 2 is 1.45 bits per heavy atom. The van der Waals surface area contributed by atoms with Crippen LogP contribution in [0.25, 0.3) is 0 Å². The monoisotopic (exact) mass is 284 g/mol. The Bertz CT molecular complexity index is 540. The number of benzene rings is 2. The average Bonchev–Trinajstić information content (AvgIpc) is 2.51. The van der Waals surface area contributed by atoms with Crippen molar-refractivity contribution in [2.24, 2.45) is 5.92 Å². The fourth-order valence-electron chi connectivity index (χ4n) is 2.90. The van der Waals surface area contributed by atoms with Crippen LogP contribution >= 0.6 is 11.8 Å². The summed E-state index contributed by atoms with van der Waals surface area (Å²) in [6.07, 6.45) is 0.616. The van der Waals surface area contributed by atoms with Crippen molar-refractivity contribution in [2.45, 2.75) is 29.9 Å². The first-order chi connectivity index (χ1) is 9.75. The Morgan fingerprint density at radius 1 is 0.900 bits per heavy atom. The van der Waals surface area contributed by atoms with E-state index in [2.05, 4.69) is 55.5 Å². The number of rotatable bonds is 2. The zero-order valence-corrected chi connectivity index (χ0v) is 12.5. The first kappa shape index (κ1) is 13.7. The van der Waals surface area contributed by atoms with Gasteiger partial charge >= 0.3 is 0 Å². The Morgan fingerprint density at radius 3 is 2.05 bits per heavy atom. The Kier molecular flexibility index (Phi) is 4.13. The van der Waals surface area contributed by atoms with Crippen LogP contribution in [0.2, 0.25) is 0 Å². The van der Waals surface area contributed by atoms with Gasteiger partial charge in [-0.2, -0.15) is 0 Å². The minimum absolute atomic E-state index is 0.230. The van der Waals surface area contributed by atoms with Crippen LogP contribution in [-0.4, -0.2) is 11.2 Å². The highest BCUT2D eigenvalue weighted by Gasteiger charge is 2.36. The molecule has 104 valence electrons. The molecule has 1 N–H and O–H groups in total. The molecule has 0 saturated carbocycles. The van der Waals surface area contributed by atoms with E-state index in [-0.39, 0.29) is 6.10 Å². The highest BCUT2D eigenvalue weighted by atomic mass is 32.2. The van der Waals surface area contributed by atoms with Gasteiger partial charge in [0.2, 0.25) is 0 Å². The number of aliphatic hydroxyl groups is 1. The maximum atomic E-state index is 10.4. The summed E-state index contributed by atoms with van der Waals surface area (Å²) in [5, 5.41) is 11.2. The molecule has 0 bridgehead atoms. The van der Waals surface area contributed by atoms with Crippen LogP contribution in [0.15, 0.2) is 60.7 Å². The van der Waals surface area contributed by atoms with Crippen LogP contribution in [0.5, 0.6) is 0 Å². The summed E-state index contributed by atoms with van der Waals surface area (Å²) in [6.45, 7) is 2.16. The Labute approximate surface area is 125 Å². The molecule has 0 aromatic heterocycles. The van der Waals surface area contributed by atoms with Crippen LogP contribution in [0.1, 0.15) is 35.0 Å². The van der Waals surface area contributed by atoms with Gasteiger partial charge in [0, 0.05) is 10.5 Å². The van der Waals surface area contributed by atoms with Crippen molar-refractivity contribution < 1.29 is 5.11 Å². The van der Waals surface area contributed by atoms with Crippen molar-refractivity contribution in [3.05, 3.63) is 71.8 Å². The topological polar surface area (TPSA) is 20.2 Å². The fraction of sp³-hybridized carbons (Fsp3) is 0.333. The molecule has 0 amide bonds. The van der Waals surface area contributed by atoms with Gasteiger partial charge < -0.3 is 5.11 Å². The van der Waals surface area contributed by atoms with E-state index in [9.17, 15) is 5.11 Å². The van der Waals surface area contributed by atoms with Crippen LogP contribution in [-0.2, 0) is 0 Å². The summed E-state index contributed by atoms with van der Waals surface area (Å²) in [5.41, 5.74) is 2.65. The maximum absolute atomic E-state index is 10.4. The number of hydrogen-bond donors (Lipinski definition) is 1. The van der Waals surface area contributed by atoms with Crippen molar-refractivity contribution in [3.8, 4) is 0 Å². The zero-order chi connectivity index (χ0) is 13.9. The molecule has 1 heterocycles. The first-order valence-corrected chi connectivity index (χ1v) is 8.13. The largest absolute Gasteiger partial charge is 0.393 e. The Hall–Kier alpha value is -1.25. The van der Waals surface area contributed by atoms with Crippen LogP contribution < -0.4 is 0 Å². The summed E-state index contributed by atoms with van der Waals surface area (Å²) < 4.78 is 0. The number of thioether (sulfide) groups is 1. The van der Waals surface area contributed by atoms with Crippen molar-refractivity contribution in [2.75, 3.05) is 0 Å². The highest BCUT2D eigenvalue weighted by Crippen LogP contribution is 2.52. The van der Waals surface area contributed by atoms with Gasteiger partial charge in [0.25, 0.3) is 0 Å². The lowest BCUT2D eigenvalue weighted by atomic mass is 9.90. The van der Waals surface area contributed by atoms with E-state index >= 15 is 0 Å². The molecule has 4 atom stereocenters. The SMILES string of the molecule is C[C@H]1[C@@H](O)C[C@H](c2ccccc2)S[C@H]1c1ccccc1. The number of aliphatic hydroxyl groups excluding tert-OH is 1. The fourth-order valence-corrected chi connectivity index (χ4v) is 4.62. The second kappa shape index (κ2) is 6.02. The molecule has 1 aliphatic rings. The molecule has 2 aromatic carbocycles. The second-order valence-corrected chi connectivity index (χ2v) is 6.88. The summed E-state index contributed by atoms with van der Waals surface area (Å²) in [5.74, 6) is 0.294. The van der Waals surface area contributed by atoms with E-state index in [1.165, 1.54) is 11.1 Å². The minimum atomic E-state index is -0.230. The lowest BCUT2D eigenvalue weighted by Crippen LogP contribution is -2.29. The number of hydrogen-bond acceptors (Lipinski definition) is 2. The second-order valence-electron chi connectivity index (χ2n) is 5.53. The van der Waals surface area contributed by atoms with Crippen LogP contribution in [0.4, 0.5) is 0 Å². The summed E-state index contributed by atoms with van der Waals surface area (Å²) in [6, 6.07) is 21.1. The van der Waals surface area contributed by atoms with Gasteiger partial charge in [-0.15, -0.1) is 11.8 Å². The van der Waals surface area contributed by atoms with Crippen molar-refractivity contribution in [1.82, 2.24) is 0 Å². The smallest absolute Gasteiger partial charge is 0.0593 e. The summed E-state index contributed by atoms with van der Waals surface area (Å²) >= 11 is 1.99. The van der Waals surface area contributed by atoms with Gasteiger partial charge in [-0.1, -0.05) is 67.6 Å². The summed E-state index contributed by atoms with van der Waals surface area (Å²) in [4.78, 5) is 0. The van der Waals surface area contributed by atoms with Crippen molar-refractivity contribution in [3.63, 3.8) is 0 Å². The van der Waals surface area contributed by atoms with Gasteiger partial charge in [0.1, 0.15) is 0 Å². The molecule has 3 rings (SSSR count). The molecule has 20 heavy (non-hydrogen) atoms. The average molecular weight is 284 g/mol. The normalized spacial score (nSPS) is 30.1. The molecule has 0 radical (unpaired) electrons. The molecule has 2 aromatic rings. The van der Waals surface area contributed by atoms with Gasteiger partial charge in [0.05, 0.1) is 6.10 Å². The van der Waals surface area contributed by atoms with Crippen LogP contribution in [0, 0.1) is 5.92 Å².